The first-order chi connectivity index (χ1) is 9.79. The van der Waals surface area contributed by atoms with Crippen LogP contribution in [0, 0.1) is 5.82 Å². The van der Waals surface area contributed by atoms with E-state index in [1.165, 1.54) is 0 Å². The van der Waals surface area contributed by atoms with E-state index in [2.05, 4.69) is 0 Å². The van der Waals surface area contributed by atoms with Gasteiger partial charge in [-0.15, -0.1) is 0 Å². The van der Waals surface area contributed by atoms with Crippen molar-refractivity contribution in [3.05, 3.63) is 70.5 Å². The molecule has 5 heteroatoms. The SMILES string of the molecule is OC1(c2ccc(C(F)(F)F)c(F)c2)Cc2ccccc2C1. The number of hydrogen-bond acceptors (Lipinski definition) is 1. The lowest BCUT2D eigenvalue weighted by atomic mass is 9.90. The highest BCUT2D eigenvalue weighted by Gasteiger charge is 2.39. The van der Waals surface area contributed by atoms with Crippen molar-refractivity contribution in [1.29, 1.82) is 0 Å². The summed E-state index contributed by atoms with van der Waals surface area (Å²) in [7, 11) is 0. The minimum atomic E-state index is -4.73. The maximum absolute atomic E-state index is 13.7. The van der Waals surface area contributed by atoms with Crippen molar-refractivity contribution in [2.45, 2.75) is 24.6 Å². The molecular formula is C16H12F4O. The number of hydrogen-bond donors (Lipinski definition) is 1. The van der Waals surface area contributed by atoms with E-state index >= 15 is 0 Å². The Morgan fingerprint density at radius 3 is 2.00 bits per heavy atom. The number of rotatable bonds is 1. The Bertz CT molecular complexity index is 666. The molecule has 3 rings (SSSR count). The molecule has 0 amide bonds. The molecule has 0 bridgehead atoms. The molecule has 0 aromatic heterocycles. The monoisotopic (exact) mass is 296 g/mol. The van der Waals surface area contributed by atoms with Crippen LogP contribution in [-0.4, -0.2) is 5.11 Å². The molecule has 0 spiro atoms. The minimum absolute atomic E-state index is 0.171. The molecule has 2 aromatic carbocycles. The summed E-state index contributed by atoms with van der Waals surface area (Å²) in [6.45, 7) is 0. The van der Waals surface area contributed by atoms with Gasteiger partial charge < -0.3 is 5.11 Å². The Hall–Kier alpha value is -1.88. The number of alkyl halides is 3. The number of aliphatic hydroxyl groups is 1. The molecule has 1 aliphatic rings. The zero-order valence-corrected chi connectivity index (χ0v) is 10.9. The van der Waals surface area contributed by atoms with Crippen LogP contribution in [0.1, 0.15) is 22.3 Å². The van der Waals surface area contributed by atoms with E-state index in [1.54, 1.807) is 0 Å². The molecule has 0 unspecified atom stereocenters. The van der Waals surface area contributed by atoms with Gasteiger partial charge in [-0.25, -0.2) is 4.39 Å². The third-order valence-corrected chi connectivity index (χ3v) is 3.90. The second-order valence-corrected chi connectivity index (χ2v) is 5.35. The molecule has 0 atom stereocenters. The fraction of sp³-hybridized carbons (Fsp3) is 0.250. The zero-order chi connectivity index (χ0) is 15.3. The van der Waals surface area contributed by atoms with E-state index in [1.807, 2.05) is 24.3 Å². The molecule has 0 saturated heterocycles. The van der Waals surface area contributed by atoms with Crippen LogP contribution in [0.4, 0.5) is 17.6 Å². The molecule has 0 saturated carbocycles. The van der Waals surface area contributed by atoms with Crippen molar-refractivity contribution in [2.75, 3.05) is 0 Å². The third kappa shape index (κ3) is 2.42. The summed E-state index contributed by atoms with van der Waals surface area (Å²) in [4.78, 5) is 0. The second-order valence-electron chi connectivity index (χ2n) is 5.35. The highest BCUT2D eigenvalue weighted by atomic mass is 19.4. The van der Waals surface area contributed by atoms with Crippen molar-refractivity contribution < 1.29 is 22.7 Å². The minimum Gasteiger partial charge on any atom is -0.384 e. The Balaban J connectivity index is 1.98. The number of fused-ring (bicyclic) bond motifs is 1. The molecule has 0 aliphatic heterocycles. The van der Waals surface area contributed by atoms with Crippen LogP contribution in [0.15, 0.2) is 42.5 Å². The van der Waals surface area contributed by atoms with E-state index < -0.39 is 23.2 Å². The van der Waals surface area contributed by atoms with Crippen LogP contribution in [-0.2, 0) is 24.6 Å². The Kier molecular flexibility index (Phi) is 3.06. The van der Waals surface area contributed by atoms with E-state index in [0.29, 0.717) is 6.07 Å². The lowest BCUT2D eigenvalue weighted by Gasteiger charge is -2.23. The van der Waals surface area contributed by atoms with Crippen LogP contribution in [0.2, 0.25) is 0 Å². The van der Waals surface area contributed by atoms with Gasteiger partial charge >= 0.3 is 6.18 Å². The van der Waals surface area contributed by atoms with Crippen molar-refractivity contribution in [1.82, 2.24) is 0 Å². The molecular weight excluding hydrogens is 284 g/mol. The predicted molar refractivity (Wildman–Crippen MR) is 69.1 cm³/mol. The highest BCUT2D eigenvalue weighted by molar-refractivity contribution is 5.41. The molecule has 1 nitrogen and oxygen atoms in total. The van der Waals surface area contributed by atoms with Crippen molar-refractivity contribution in [3.63, 3.8) is 0 Å². The van der Waals surface area contributed by atoms with Crippen LogP contribution in [0.25, 0.3) is 0 Å². The van der Waals surface area contributed by atoms with Gasteiger partial charge in [-0.05, 0) is 28.8 Å². The van der Waals surface area contributed by atoms with Crippen molar-refractivity contribution in [2.24, 2.45) is 0 Å². The summed E-state index contributed by atoms with van der Waals surface area (Å²) >= 11 is 0. The topological polar surface area (TPSA) is 20.2 Å². The highest BCUT2D eigenvalue weighted by Crippen LogP contribution is 2.39. The van der Waals surface area contributed by atoms with Crippen LogP contribution in [0.3, 0.4) is 0 Å². The smallest absolute Gasteiger partial charge is 0.384 e. The first-order valence-corrected chi connectivity index (χ1v) is 6.46. The van der Waals surface area contributed by atoms with Gasteiger partial charge in [-0.1, -0.05) is 30.3 Å². The van der Waals surface area contributed by atoms with Gasteiger partial charge in [0.25, 0.3) is 0 Å². The average Bonchev–Trinajstić information content (AvgIpc) is 2.74. The molecule has 2 aromatic rings. The molecule has 0 fully saturated rings. The summed E-state index contributed by atoms with van der Waals surface area (Å²) in [5.41, 5.74) is -0.635. The molecule has 0 radical (unpaired) electrons. The maximum Gasteiger partial charge on any atom is 0.419 e. The summed E-state index contributed by atoms with van der Waals surface area (Å²) in [5, 5.41) is 10.7. The Morgan fingerprint density at radius 1 is 0.952 bits per heavy atom. The van der Waals surface area contributed by atoms with Gasteiger partial charge in [-0.2, -0.15) is 13.2 Å². The first-order valence-electron chi connectivity index (χ1n) is 6.46. The van der Waals surface area contributed by atoms with E-state index in [9.17, 15) is 22.7 Å². The average molecular weight is 296 g/mol. The quantitative estimate of drug-likeness (QED) is 0.793. The largest absolute Gasteiger partial charge is 0.419 e. The van der Waals surface area contributed by atoms with Gasteiger partial charge in [-0.3, -0.25) is 0 Å². The van der Waals surface area contributed by atoms with Gasteiger partial charge in [0.15, 0.2) is 0 Å². The van der Waals surface area contributed by atoms with Crippen LogP contribution in [0.5, 0.6) is 0 Å². The molecule has 1 N–H and O–H groups in total. The fourth-order valence-corrected chi connectivity index (χ4v) is 2.83. The van der Waals surface area contributed by atoms with Gasteiger partial charge in [0.2, 0.25) is 0 Å². The van der Waals surface area contributed by atoms with Crippen LogP contribution < -0.4 is 0 Å². The molecule has 21 heavy (non-hydrogen) atoms. The number of halogens is 4. The third-order valence-electron chi connectivity index (χ3n) is 3.90. The van der Waals surface area contributed by atoms with Crippen molar-refractivity contribution >= 4 is 0 Å². The lowest BCUT2D eigenvalue weighted by molar-refractivity contribution is -0.140. The van der Waals surface area contributed by atoms with E-state index in [4.69, 9.17) is 0 Å². The molecule has 1 aliphatic carbocycles. The fourth-order valence-electron chi connectivity index (χ4n) is 2.83. The maximum atomic E-state index is 13.7. The Morgan fingerprint density at radius 2 is 1.52 bits per heavy atom. The van der Waals surface area contributed by atoms with Gasteiger partial charge in [0.05, 0.1) is 11.2 Å². The van der Waals surface area contributed by atoms with Crippen LogP contribution >= 0.6 is 0 Å². The van der Waals surface area contributed by atoms with E-state index in [0.717, 1.165) is 23.3 Å². The standard InChI is InChI=1S/C16H12F4O/c17-14-7-12(5-6-13(14)16(18,19)20)15(21)8-10-3-1-2-4-11(10)9-15/h1-7,21H,8-9H2. The first kappa shape index (κ1) is 14.1. The summed E-state index contributed by atoms with van der Waals surface area (Å²) in [6.07, 6.45) is -4.19. The number of benzene rings is 2. The van der Waals surface area contributed by atoms with Crippen molar-refractivity contribution in [3.8, 4) is 0 Å². The molecule has 110 valence electrons. The predicted octanol–water partition coefficient (Wildman–Crippen LogP) is 3.83. The Labute approximate surface area is 118 Å². The lowest BCUT2D eigenvalue weighted by Crippen LogP contribution is -2.26. The summed E-state index contributed by atoms with van der Waals surface area (Å²) < 4.78 is 51.4. The van der Waals surface area contributed by atoms with Gasteiger partial charge in [0, 0.05) is 12.8 Å². The second kappa shape index (κ2) is 4.56. The molecule has 0 heterocycles. The van der Waals surface area contributed by atoms with Gasteiger partial charge in [0.1, 0.15) is 5.82 Å². The zero-order valence-electron chi connectivity index (χ0n) is 10.9. The normalized spacial score (nSPS) is 16.8. The summed E-state index contributed by atoms with van der Waals surface area (Å²) in [6, 6.07) is 10.00. The summed E-state index contributed by atoms with van der Waals surface area (Å²) in [5.74, 6) is -1.36. The van der Waals surface area contributed by atoms with E-state index in [-0.39, 0.29) is 18.4 Å².